The molecular weight excluding hydrogens is 321 g/mol. The number of benzene rings is 1. The Morgan fingerprint density at radius 1 is 1.45 bits per heavy atom. The molecule has 0 bridgehead atoms. The lowest BCUT2D eigenvalue weighted by Crippen LogP contribution is -1.71. The van der Waals surface area contributed by atoms with Gasteiger partial charge in [-0.2, -0.15) is 4.99 Å². The van der Waals surface area contributed by atoms with Crippen LogP contribution in [0.1, 0.15) is 0 Å². The minimum absolute atomic E-state index is 0.624. The molecule has 0 amide bonds. The van der Waals surface area contributed by atoms with E-state index in [1.807, 2.05) is 6.07 Å². The maximum Gasteiger partial charge on any atom is 0.240 e. The summed E-state index contributed by atoms with van der Waals surface area (Å²) in [5.74, 6) is 0. The quantitative estimate of drug-likeness (QED) is 0.444. The summed E-state index contributed by atoms with van der Waals surface area (Å²) < 4.78 is 1.95. The second kappa shape index (κ2) is 3.99. The average Bonchev–Trinajstić information content (AvgIpc) is 1.85. The normalized spacial score (nSPS) is 8.91. The van der Waals surface area contributed by atoms with Crippen LogP contribution in [-0.2, 0) is 4.79 Å². The van der Waals surface area contributed by atoms with Crippen LogP contribution in [0.4, 0.5) is 5.69 Å². The second-order valence-corrected chi connectivity index (χ2v) is 3.99. The van der Waals surface area contributed by atoms with Gasteiger partial charge in [0.1, 0.15) is 0 Å². The number of rotatable bonds is 1. The number of hydrogen-bond acceptors (Lipinski definition) is 2. The van der Waals surface area contributed by atoms with Gasteiger partial charge in [-0.25, -0.2) is 4.79 Å². The van der Waals surface area contributed by atoms with E-state index in [9.17, 15) is 4.79 Å². The molecule has 0 aromatic heterocycles. The highest BCUT2D eigenvalue weighted by Crippen LogP contribution is 2.22. The van der Waals surface area contributed by atoms with Crippen molar-refractivity contribution in [3.05, 3.63) is 26.2 Å². The zero-order valence-corrected chi connectivity index (χ0v) is 9.09. The smallest absolute Gasteiger partial charge is 0.211 e. The highest BCUT2D eigenvalue weighted by atomic mass is 127. The molecule has 0 saturated carbocycles. The third kappa shape index (κ3) is 2.73. The summed E-state index contributed by atoms with van der Waals surface area (Å²) in [6, 6.07) is 5.49. The summed E-state index contributed by atoms with van der Waals surface area (Å²) in [7, 11) is 0. The lowest BCUT2D eigenvalue weighted by molar-refractivity contribution is 0.565. The number of aliphatic imine (C=N–C) groups is 1. The number of carbonyl (C=O) groups excluding carboxylic acids is 1. The largest absolute Gasteiger partial charge is 0.240 e. The van der Waals surface area contributed by atoms with Gasteiger partial charge in [-0.15, -0.1) is 0 Å². The van der Waals surface area contributed by atoms with E-state index in [1.54, 1.807) is 12.1 Å². The van der Waals surface area contributed by atoms with Crippen LogP contribution < -0.4 is 0 Å². The Hall–Kier alpha value is -0.190. The first kappa shape index (κ1) is 8.90. The number of nitrogens with zero attached hydrogens (tertiary/aromatic N) is 1. The van der Waals surface area contributed by atoms with Crippen molar-refractivity contribution in [1.82, 2.24) is 0 Å². The maximum atomic E-state index is 9.89. The zero-order chi connectivity index (χ0) is 8.27. The van der Waals surface area contributed by atoms with Crippen molar-refractivity contribution in [1.29, 1.82) is 0 Å². The summed E-state index contributed by atoms with van der Waals surface area (Å²) in [6.45, 7) is 0. The summed E-state index contributed by atoms with van der Waals surface area (Å²) in [4.78, 5) is 13.4. The summed E-state index contributed by atoms with van der Waals surface area (Å²) in [5.41, 5.74) is 0.624. The van der Waals surface area contributed by atoms with Crippen LogP contribution in [0.15, 0.2) is 27.7 Å². The molecule has 4 heteroatoms. The van der Waals surface area contributed by atoms with E-state index < -0.39 is 0 Å². The van der Waals surface area contributed by atoms with Gasteiger partial charge < -0.3 is 0 Å². The number of hydrogen-bond donors (Lipinski definition) is 0. The van der Waals surface area contributed by atoms with E-state index in [0.717, 1.165) is 8.04 Å². The van der Waals surface area contributed by atoms with Crippen LogP contribution in [0, 0.1) is 3.57 Å². The average molecular weight is 324 g/mol. The Morgan fingerprint density at radius 2 is 2.18 bits per heavy atom. The molecule has 0 atom stereocenters. The third-order valence-corrected chi connectivity index (χ3v) is 2.10. The van der Waals surface area contributed by atoms with Gasteiger partial charge in [0.15, 0.2) is 0 Å². The molecule has 0 radical (unpaired) electrons. The van der Waals surface area contributed by atoms with Crippen LogP contribution in [0.2, 0.25) is 0 Å². The molecule has 1 rings (SSSR count). The molecule has 1 aromatic carbocycles. The molecule has 0 aliphatic rings. The Balaban J connectivity index is 3.18. The van der Waals surface area contributed by atoms with Gasteiger partial charge in [0, 0.05) is 8.04 Å². The molecule has 0 saturated heterocycles. The third-order valence-electron chi connectivity index (χ3n) is 1.02. The summed E-state index contributed by atoms with van der Waals surface area (Å²) >= 11 is 5.44. The minimum Gasteiger partial charge on any atom is -0.211 e. The molecule has 0 heterocycles. The molecule has 56 valence electrons. The highest BCUT2D eigenvalue weighted by Gasteiger charge is 1.94. The zero-order valence-electron chi connectivity index (χ0n) is 5.34. The van der Waals surface area contributed by atoms with Gasteiger partial charge in [-0.05, 0) is 40.8 Å². The second-order valence-electron chi connectivity index (χ2n) is 1.83. The van der Waals surface area contributed by atoms with Crippen LogP contribution in [0.25, 0.3) is 0 Å². The fourth-order valence-electron chi connectivity index (χ4n) is 0.657. The van der Waals surface area contributed by atoms with Crippen molar-refractivity contribution in [2.24, 2.45) is 4.99 Å². The van der Waals surface area contributed by atoms with Gasteiger partial charge >= 0.3 is 0 Å². The molecule has 0 aliphatic carbocycles. The predicted molar refractivity (Wildman–Crippen MR) is 54.6 cm³/mol. The highest BCUT2D eigenvalue weighted by molar-refractivity contribution is 14.1. The van der Waals surface area contributed by atoms with E-state index in [4.69, 9.17) is 0 Å². The summed E-state index contributed by atoms with van der Waals surface area (Å²) in [6.07, 6.45) is 1.49. The monoisotopic (exact) mass is 323 g/mol. The first-order valence-corrected chi connectivity index (χ1v) is 4.63. The number of isocyanates is 1. The van der Waals surface area contributed by atoms with Gasteiger partial charge in [0.25, 0.3) is 0 Å². The molecule has 0 aliphatic heterocycles. The molecule has 2 nitrogen and oxygen atoms in total. The molecule has 0 N–H and O–H groups in total. The van der Waals surface area contributed by atoms with E-state index in [0.29, 0.717) is 5.69 Å². The topological polar surface area (TPSA) is 29.4 Å². The maximum absolute atomic E-state index is 9.89. The fraction of sp³-hybridized carbons (Fsp3) is 0. The van der Waals surface area contributed by atoms with Crippen molar-refractivity contribution in [2.45, 2.75) is 0 Å². The predicted octanol–water partition coefficient (Wildman–Crippen LogP) is 3.02. The van der Waals surface area contributed by atoms with Gasteiger partial charge in [-0.3, -0.25) is 0 Å². The van der Waals surface area contributed by atoms with E-state index in [-0.39, 0.29) is 0 Å². The molecule has 0 spiro atoms. The number of halogens is 2. The fourth-order valence-corrected chi connectivity index (χ4v) is 2.22. The minimum atomic E-state index is 0.624. The van der Waals surface area contributed by atoms with E-state index in [1.165, 1.54) is 6.08 Å². The van der Waals surface area contributed by atoms with E-state index in [2.05, 4.69) is 43.5 Å². The van der Waals surface area contributed by atoms with Gasteiger partial charge in [0.05, 0.1) is 5.69 Å². The molecular formula is C7H3BrINO. The van der Waals surface area contributed by atoms with Crippen molar-refractivity contribution in [3.8, 4) is 0 Å². The van der Waals surface area contributed by atoms with Crippen molar-refractivity contribution < 1.29 is 4.79 Å². The van der Waals surface area contributed by atoms with Crippen LogP contribution in [0.3, 0.4) is 0 Å². The molecule has 1 aromatic rings. The van der Waals surface area contributed by atoms with Crippen molar-refractivity contribution in [2.75, 3.05) is 0 Å². The van der Waals surface area contributed by atoms with Gasteiger partial charge in [-0.1, -0.05) is 15.9 Å². The Bertz CT molecular complexity index is 300. The first-order chi connectivity index (χ1) is 5.22. The lowest BCUT2D eigenvalue weighted by atomic mass is 10.3. The SMILES string of the molecule is O=C=Nc1cc(Br)cc(I)c1. The van der Waals surface area contributed by atoms with Crippen LogP contribution >= 0.6 is 38.5 Å². The van der Waals surface area contributed by atoms with Gasteiger partial charge in [0.2, 0.25) is 6.08 Å². The Labute approximate surface area is 86.0 Å². The van der Waals surface area contributed by atoms with E-state index >= 15 is 0 Å². The molecule has 0 fully saturated rings. The van der Waals surface area contributed by atoms with Crippen LogP contribution in [0.5, 0.6) is 0 Å². The lowest BCUT2D eigenvalue weighted by Gasteiger charge is -1.93. The Kier molecular flexibility index (Phi) is 3.23. The van der Waals surface area contributed by atoms with Crippen molar-refractivity contribution in [3.63, 3.8) is 0 Å². The molecule has 11 heavy (non-hydrogen) atoms. The molecule has 0 unspecified atom stereocenters. The van der Waals surface area contributed by atoms with Crippen LogP contribution in [-0.4, -0.2) is 6.08 Å². The Morgan fingerprint density at radius 3 is 2.73 bits per heavy atom. The standard InChI is InChI=1S/C7H3BrINO/c8-5-1-6(9)3-7(2-5)10-4-11/h1-3H. The first-order valence-electron chi connectivity index (χ1n) is 2.76. The summed E-state index contributed by atoms with van der Waals surface area (Å²) in [5, 5.41) is 0. The van der Waals surface area contributed by atoms with Crippen molar-refractivity contribution >= 4 is 50.3 Å².